The zero-order chi connectivity index (χ0) is 14.0. The van der Waals surface area contributed by atoms with E-state index in [1.54, 1.807) is 29.2 Å². The molecule has 0 radical (unpaired) electrons. The van der Waals surface area contributed by atoms with Crippen molar-refractivity contribution >= 4 is 15.7 Å². The molecule has 19 heavy (non-hydrogen) atoms. The van der Waals surface area contributed by atoms with E-state index >= 15 is 0 Å². The predicted molar refractivity (Wildman–Crippen MR) is 72.1 cm³/mol. The van der Waals surface area contributed by atoms with E-state index in [4.69, 9.17) is 5.73 Å². The number of likely N-dealkylation sites (tertiary alicyclic amines) is 1. The summed E-state index contributed by atoms with van der Waals surface area (Å²) in [6.45, 7) is 1.72. The minimum Gasteiger partial charge on any atom is -0.338 e. The molecular formula is C13H18N2O3S. The molecule has 5 nitrogen and oxygen atoms in total. The average molecular weight is 282 g/mol. The first-order chi connectivity index (χ1) is 8.90. The van der Waals surface area contributed by atoms with E-state index in [-0.39, 0.29) is 11.8 Å². The zero-order valence-corrected chi connectivity index (χ0v) is 11.7. The summed E-state index contributed by atoms with van der Waals surface area (Å²) in [4.78, 5) is 13.8. The third-order valence-corrected chi connectivity index (χ3v) is 4.48. The second-order valence-electron chi connectivity index (χ2n) is 5.00. The lowest BCUT2D eigenvalue weighted by molar-refractivity contribution is -0.128. The largest absolute Gasteiger partial charge is 0.338 e. The molecule has 2 N–H and O–H groups in total. The van der Waals surface area contributed by atoms with Gasteiger partial charge in [0.2, 0.25) is 5.91 Å². The first-order valence-electron chi connectivity index (χ1n) is 6.17. The fraction of sp³-hybridized carbons (Fsp3) is 0.462. The summed E-state index contributed by atoms with van der Waals surface area (Å²) in [5.41, 5.74) is 6.50. The van der Waals surface area contributed by atoms with Crippen molar-refractivity contribution in [3.63, 3.8) is 0 Å². The summed E-state index contributed by atoms with van der Waals surface area (Å²) >= 11 is 0. The van der Waals surface area contributed by atoms with Crippen LogP contribution in [0.4, 0.5) is 0 Å². The van der Waals surface area contributed by atoms with Crippen molar-refractivity contribution in [2.75, 3.05) is 19.3 Å². The minimum atomic E-state index is -3.17. The van der Waals surface area contributed by atoms with E-state index in [0.717, 1.165) is 5.56 Å². The smallest absolute Gasteiger partial charge is 0.223 e. The normalized spacial score (nSPS) is 20.0. The number of carbonyl (C=O) groups excluding carboxylic acids is 1. The van der Waals surface area contributed by atoms with Gasteiger partial charge in [-0.25, -0.2) is 8.42 Å². The number of nitrogens with zero attached hydrogens (tertiary/aromatic N) is 1. The molecule has 0 spiro atoms. The summed E-state index contributed by atoms with van der Waals surface area (Å²) in [5.74, 6) is 0.352. The first kappa shape index (κ1) is 14.0. The summed E-state index contributed by atoms with van der Waals surface area (Å²) in [6.07, 6.45) is 1.69. The highest BCUT2D eigenvalue weighted by Gasteiger charge is 2.28. The third kappa shape index (κ3) is 3.33. The number of nitrogens with two attached hydrogens (primary N) is 1. The second kappa shape index (κ2) is 5.30. The Labute approximate surface area is 113 Å². The highest BCUT2D eigenvalue weighted by Crippen LogP contribution is 2.20. The highest BCUT2D eigenvalue weighted by atomic mass is 32.2. The molecule has 0 bridgehead atoms. The molecule has 6 heteroatoms. The van der Waals surface area contributed by atoms with Crippen molar-refractivity contribution in [1.29, 1.82) is 0 Å². The van der Waals surface area contributed by atoms with E-state index in [9.17, 15) is 13.2 Å². The van der Waals surface area contributed by atoms with E-state index in [2.05, 4.69) is 0 Å². The van der Waals surface area contributed by atoms with Gasteiger partial charge in [-0.05, 0) is 30.2 Å². The predicted octanol–water partition coefficient (Wildman–Crippen LogP) is 0.397. The van der Waals surface area contributed by atoms with Gasteiger partial charge in [0.05, 0.1) is 4.90 Å². The van der Waals surface area contributed by atoms with Crippen LogP contribution in [0.1, 0.15) is 12.0 Å². The van der Waals surface area contributed by atoms with E-state index in [1.807, 2.05) is 0 Å². The second-order valence-corrected chi connectivity index (χ2v) is 7.01. The van der Waals surface area contributed by atoms with Gasteiger partial charge in [0.15, 0.2) is 9.84 Å². The fourth-order valence-electron chi connectivity index (χ4n) is 2.23. The lowest BCUT2D eigenvalue weighted by Gasteiger charge is -2.16. The molecule has 1 atom stereocenters. The van der Waals surface area contributed by atoms with Crippen LogP contribution in [-0.2, 0) is 21.2 Å². The maximum atomic E-state index is 11.7. The Morgan fingerprint density at radius 1 is 1.32 bits per heavy atom. The summed E-state index contributed by atoms with van der Waals surface area (Å²) in [6, 6.07) is 6.65. The Morgan fingerprint density at radius 3 is 2.42 bits per heavy atom. The number of rotatable bonds is 4. The fourth-order valence-corrected chi connectivity index (χ4v) is 2.86. The Kier molecular flexibility index (Phi) is 3.91. The number of sulfone groups is 1. The van der Waals surface area contributed by atoms with Crippen LogP contribution in [0.15, 0.2) is 29.2 Å². The number of amides is 1. The van der Waals surface area contributed by atoms with Crippen LogP contribution in [0.3, 0.4) is 0 Å². The molecule has 1 saturated heterocycles. The van der Waals surface area contributed by atoms with Gasteiger partial charge in [-0.1, -0.05) is 12.1 Å². The van der Waals surface area contributed by atoms with Crippen molar-refractivity contribution in [1.82, 2.24) is 4.90 Å². The zero-order valence-electron chi connectivity index (χ0n) is 10.9. The van der Waals surface area contributed by atoms with Gasteiger partial charge in [0, 0.05) is 25.8 Å². The van der Waals surface area contributed by atoms with Gasteiger partial charge in [-0.3, -0.25) is 4.79 Å². The van der Waals surface area contributed by atoms with Gasteiger partial charge in [0.1, 0.15) is 0 Å². The maximum absolute atomic E-state index is 11.7. The topological polar surface area (TPSA) is 80.5 Å². The van der Waals surface area contributed by atoms with Crippen molar-refractivity contribution < 1.29 is 13.2 Å². The molecule has 0 aromatic heterocycles. The molecular weight excluding hydrogens is 264 g/mol. The number of hydrogen-bond donors (Lipinski definition) is 1. The molecule has 104 valence electrons. The molecule has 1 fully saturated rings. The quantitative estimate of drug-likeness (QED) is 0.866. The molecule has 0 aliphatic carbocycles. The van der Waals surface area contributed by atoms with Crippen LogP contribution in [0.25, 0.3) is 0 Å². The molecule has 1 unspecified atom stereocenters. The SMILES string of the molecule is CS(=O)(=O)c1ccc(CN2CC(CN)CC2=O)cc1. The van der Waals surface area contributed by atoms with Crippen LogP contribution in [0.2, 0.25) is 0 Å². The van der Waals surface area contributed by atoms with Crippen LogP contribution in [0.5, 0.6) is 0 Å². The standard InChI is InChI=1S/C13H18N2O3S/c1-19(17,18)12-4-2-10(3-5-12)8-15-9-11(7-14)6-13(15)16/h2-5,11H,6-9,14H2,1H3. The summed E-state index contributed by atoms with van der Waals surface area (Å²) < 4.78 is 22.7. The Morgan fingerprint density at radius 2 is 1.95 bits per heavy atom. The Balaban J connectivity index is 2.06. The number of hydrogen-bond acceptors (Lipinski definition) is 4. The Hall–Kier alpha value is -1.40. The lowest BCUT2D eigenvalue weighted by Crippen LogP contribution is -2.25. The highest BCUT2D eigenvalue weighted by molar-refractivity contribution is 7.90. The van der Waals surface area contributed by atoms with E-state index in [0.29, 0.717) is 31.0 Å². The maximum Gasteiger partial charge on any atom is 0.223 e. The molecule has 1 aliphatic heterocycles. The van der Waals surface area contributed by atoms with Crippen molar-refractivity contribution in [2.24, 2.45) is 11.7 Å². The Bertz CT molecular complexity index is 566. The van der Waals surface area contributed by atoms with Gasteiger partial charge in [-0.2, -0.15) is 0 Å². The van der Waals surface area contributed by atoms with Crippen LogP contribution in [0, 0.1) is 5.92 Å². The van der Waals surface area contributed by atoms with Crippen LogP contribution < -0.4 is 5.73 Å². The molecule has 1 aromatic rings. The lowest BCUT2D eigenvalue weighted by atomic mass is 10.1. The molecule has 1 heterocycles. The third-order valence-electron chi connectivity index (χ3n) is 3.35. The monoisotopic (exact) mass is 282 g/mol. The van der Waals surface area contributed by atoms with Crippen molar-refractivity contribution in [3.8, 4) is 0 Å². The van der Waals surface area contributed by atoms with Gasteiger partial charge in [0.25, 0.3) is 0 Å². The molecule has 1 aromatic carbocycles. The van der Waals surface area contributed by atoms with Gasteiger partial charge in [-0.15, -0.1) is 0 Å². The number of carbonyl (C=O) groups is 1. The van der Waals surface area contributed by atoms with E-state index < -0.39 is 9.84 Å². The van der Waals surface area contributed by atoms with Crippen molar-refractivity contribution in [3.05, 3.63) is 29.8 Å². The average Bonchev–Trinajstić information content (AvgIpc) is 2.70. The summed E-state index contributed by atoms with van der Waals surface area (Å²) in [5, 5.41) is 0. The van der Waals surface area contributed by atoms with Gasteiger partial charge >= 0.3 is 0 Å². The summed E-state index contributed by atoms with van der Waals surface area (Å²) in [7, 11) is -3.17. The van der Waals surface area contributed by atoms with Crippen LogP contribution in [-0.4, -0.2) is 38.6 Å². The van der Waals surface area contributed by atoms with Gasteiger partial charge < -0.3 is 10.6 Å². The van der Waals surface area contributed by atoms with E-state index in [1.165, 1.54) is 6.26 Å². The molecule has 2 rings (SSSR count). The van der Waals surface area contributed by atoms with Crippen LogP contribution >= 0.6 is 0 Å². The molecule has 0 saturated carbocycles. The number of benzene rings is 1. The molecule has 1 amide bonds. The molecule has 1 aliphatic rings. The first-order valence-corrected chi connectivity index (χ1v) is 8.06. The van der Waals surface area contributed by atoms with Crippen molar-refractivity contribution in [2.45, 2.75) is 17.9 Å². The minimum absolute atomic E-state index is 0.114.